The topological polar surface area (TPSA) is 9.86 Å². The average Bonchev–Trinajstić information content (AvgIpc) is 3.62. The van der Waals surface area contributed by atoms with Crippen LogP contribution in [0.3, 0.4) is 0 Å². The van der Waals surface area contributed by atoms with Crippen molar-refractivity contribution in [2.75, 3.05) is 0 Å². The molecule has 2 nitrogen and oxygen atoms in total. The average molecular weight is 561 g/mol. The van der Waals surface area contributed by atoms with Gasteiger partial charge in [-0.1, -0.05) is 133 Å². The maximum atomic E-state index is 2.45. The zero-order valence-corrected chi connectivity index (χ0v) is 24.1. The maximum absolute atomic E-state index is 2.45. The van der Waals surface area contributed by atoms with Gasteiger partial charge in [0.15, 0.2) is 0 Å². The van der Waals surface area contributed by atoms with Crippen molar-refractivity contribution in [1.29, 1.82) is 0 Å². The van der Waals surface area contributed by atoms with Crippen molar-refractivity contribution in [1.82, 2.24) is 9.13 Å². The van der Waals surface area contributed by atoms with Crippen LogP contribution in [0.25, 0.3) is 77.2 Å². The number of rotatable bonds is 4. The fraction of sp³-hybridized carbons (Fsp3) is 0. The Balaban J connectivity index is 1.27. The summed E-state index contributed by atoms with van der Waals surface area (Å²) in [5, 5.41) is 5.04. The lowest BCUT2D eigenvalue weighted by Gasteiger charge is -2.13. The fourth-order valence-electron chi connectivity index (χ4n) is 6.90. The second kappa shape index (κ2) is 9.86. The first-order chi connectivity index (χ1) is 21.8. The van der Waals surface area contributed by atoms with Crippen LogP contribution in [-0.2, 0) is 0 Å². The molecule has 0 bridgehead atoms. The van der Waals surface area contributed by atoms with E-state index in [0.717, 1.165) is 11.4 Å². The summed E-state index contributed by atoms with van der Waals surface area (Å²) >= 11 is 0. The van der Waals surface area contributed by atoms with E-state index in [1.807, 2.05) is 0 Å². The third kappa shape index (κ3) is 3.75. The van der Waals surface area contributed by atoms with Gasteiger partial charge in [0.2, 0.25) is 0 Å². The highest BCUT2D eigenvalue weighted by Crippen LogP contribution is 2.41. The van der Waals surface area contributed by atoms with Crippen molar-refractivity contribution in [2.45, 2.75) is 0 Å². The van der Waals surface area contributed by atoms with Crippen LogP contribution in [0.1, 0.15) is 0 Å². The number of para-hydroxylation sites is 3. The Morgan fingerprint density at radius 1 is 0.250 bits per heavy atom. The molecule has 0 amide bonds. The highest BCUT2D eigenvalue weighted by Gasteiger charge is 2.20. The summed E-state index contributed by atoms with van der Waals surface area (Å²) in [6.45, 7) is 0. The molecule has 0 unspecified atom stereocenters. The van der Waals surface area contributed by atoms with Crippen LogP contribution < -0.4 is 0 Å². The Labute approximate surface area is 255 Å². The molecule has 0 atom stereocenters. The molecule has 2 aromatic heterocycles. The van der Waals surface area contributed by atoms with Crippen LogP contribution in [0.15, 0.2) is 170 Å². The third-order valence-corrected chi connectivity index (χ3v) is 8.93. The molecule has 0 N–H and O–H groups in total. The molecular weight excluding hydrogens is 532 g/mol. The molecule has 0 fully saturated rings. The molecule has 0 saturated carbocycles. The van der Waals surface area contributed by atoms with Gasteiger partial charge in [0.25, 0.3) is 0 Å². The quantitative estimate of drug-likeness (QED) is 0.203. The normalized spacial score (nSPS) is 11.6. The number of fused-ring (bicyclic) bond motifs is 7. The van der Waals surface area contributed by atoms with Crippen molar-refractivity contribution < 1.29 is 0 Å². The number of hydrogen-bond donors (Lipinski definition) is 0. The summed E-state index contributed by atoms with van der Waals surface area (Å²) in [5.74, 6) is 0. The SMILES string of the molecule is c1ccc(-c2ccc(-c3ccc(-n4c5ccccc5c5ccc6c7ccccc7n(-c7ccccc7)c6c54)cc3)cc2)cc1. The van der Waals surface area contributed by atoms with Gasteiger partial charge in [-0.15, -0.1) is 0 Å². The summed E-state index contributed by atoms with van der Waals surface area (Å²) in [6, 6.07) is 61.3. The molecule has 9 aromatic rings. The van der Waals surface area contributed by atoms with E-state index in [9.17, 15) is 0 Å². The number of nitrogens with zero attached hydrogens (tertiary/aromatic N) is 2. The minimum atomic E-state index is 1.15. The Morgan fingerprint density at radius 3 is 1.11 bits per heavy atom. The van der Waals surface area contributed by atoms with Gasteiger partial charge in [-0.05, 0) is 58.7 Å². The summed E-state index contributed by atoms with van der Waals surface area (Å²) in [5.41, 5.74) is 12.1. The van der Waals surface area contributed by atoms with Crippen LogP contribution in [0.5, 0.6) is 0 Å². The van der Waals surface area contributed by atoms with E-state index in [1.165, 1.54) is 65.9 Å². The first-order valence-electron chi connectivity index (χ1n) is 15.1. The van der Waals surface area contributed by atoms with Gasteiger partial charge in [-0.3, -0.25) is 0 Å². The Hall–Kier alpha value is -5.86. The largest absolute Gasteiger partial charge is 0.307 e. The van der Waals surface area contributed by atoms with Crippen molar-refractivity contribution in [3.05, 3.63) is 170 Å². The van der Waals surface area contributed by atoms with Crippen LogP contribution >= 0.6 is 0 Å². The second-order valence-corrected chi connectivity index (χ2v) is 11.4. The highest BCUT2D eigenvalue weighted by atomic mass is 15.0. The first-order valence-corrected chi connectivity index (χ1v) is 15.1. The molecule has 7 aromatic carbocycles. The molecule has 0 radical (unpaired) electrons. The molecule has 0 aliphatic carbocycles. The van der Waals surface area contributed by atoms with E-state index in [2.05, 4.69) is 179 Å². The van der Waals surface area contributed by atoms with Gasteiger partial charge in [0.1, 0.15) is 0 Å². The highest BCUT2D eigenvalue weighted by molar-refractivity contribution is 6.23. The van der Waals surface area contributed by atoms with Gasteiger partial charge in [0.05, 0.1) is 22.1 Å². The van der Waals surface area contributed by atoms with Crippen molar-refractivity contribution in [2.24, 2.45) is 0 Å². The standard InChI is InChI=1S/C42H28N2/c1-3-11-29(12-4-1)30-19-21-31(22-20-30)32-23-25-34(26-24-32)44-40-18-10-8-16-36(40)38-28-27-37-35-15-7-9-17-39(35)43(41(37)42(38)44)33-13-5-2-6-14-33/h1-28H. The lowest BCUT2D eigenvalue weighted by Crippen LogP contribution is -1.98. The summed E-state index contributed by atoms with van der Waals surface area (Å²) < 4.78 is 4.89. The van der Waals surface area contributed by atoms with E-state index in [4.69, 9.17) is 0 Å². The van der Waals surface area contributed by atoms with Crippen LogP contribution in [0.4, 0.5) is 0 Å². The summed E-state index contributed by atoms with van der Waals surface area (Å²) in [4.78, 5) is 0. The van der Waals surface area contributed by atoms with Gasteiger partial charge < -0.3 is 9.13 Å². The van der Waals surface area contributed by atoms with Crippen molar-refractivity contribution in [3.63, 3.8) is 0 Å². The smallest absolute Gasteiger partial charge is 0.0788 e. The number of aromatic nitrogens is 2. The Morgan fingerprint density at radius 2 is 0.614 bits per heavy atom. The first kappa shape index (κ1) is 24.7. The van der Waals surface area contributed by atoms with E-state index in [1.54, 1.807) is 0 Å². The monoisotopic (exact) mass is 560 g/mol. The molecule has 2 heteroatoms. The Kier molecular flexibility index (Phi) is 5.54. The lowest BCUT2D eigenvalue weighted by molar-refractivity contribution is 1.15. The van der Waals surface area contributed by atoms with Gasteiger partial charge in [-0.25, -0.2) is 0 Å². The minimum Gasteiger partial charge on any atom is -0.307 e. The van der Waals surface area contributed by atoms with Gasteiger partial charge in [0, 0.05) is 32.9 Å². The van der Waals surface area contributed by atoms with Crippen LogP contribution in [0.2, 0.25) is 0 Å². The molecule has 206 valence electrons. The second-order valence-electron chi connectivity index (χ2n) is 11.4. The number of hydrogen-bond acceptors (Lipinski definition) is 0. The molecule has 0 aliphatic rings. The molecule has 2 heterocycles. The molecule has 9 rings (SSSR count). The predicted octanol–water partition coefficient (Wildman–Crippen LogP) is 11.2. The predicted molar refractivity (Wildman–Crippen MR) is 186 cm³/mol. The van der Waals surface area contributed by atoms with E-state index in [0.29, 0.717) is 0 Å². The Bertz CT molecular complexity index is 2450. The summed E-state index contributed by atoms with van der Waals surface area (Å²) in [6.07, 6.45) is 0. The summed E-state index contributed by atoms with van der Waals surface area (Å²) in [7, 11) is 0. The van der Waals surface area contributed by atoms with E-state index in [-0.39, 0.29) is 0 Å². The zero-order valence-electron chi connectivity index (χ0n) is 24.1. The van der Waals surface area contributed by atoms with Crippen molar-refractivity contribution >= 4 is 43.6 Å². The van der Waals surface area contributed by atoms with E-state index >= 15 is 0 Å². The van der Waals surface area contributed by atoms with Crippen LogP contribution in [0, 0.1) is 0 Å². The van der Waals surface area contributed by atoms with E-state index < -0.39 is 0 Å². The molecule has 44 heavy (non-hydrogen) atoms. The third-order valence-electron chi connectivity index (χ3n) is 8.93. The van der Waals surface area contributed by atoms with Crippen LogP contribution in [-0.4, -0.2) is 9.13 Å². The van der Waals surface area contributed by atoms with Gasteiger partial charge in [-0.2, -0.15) is 0 Å². The minimum absolute atomic E-state index is 1.15. The molecule has 0 aliphatic heterocycles. The molecule has 0 spiro atoms. The molecule has 0 saturated heterocycles. The lowest BCUT2D eigenvalue weighted by atomic mass is 10.0. The van der Waals surface area contributed by atoms with Gasteiger partial charge >= 0.3 is 0 Å². The fourth-order valence-corrected chi connectivity index (χ4v) is 6.90. The molecular formula is C42H28N2. The number of benzene rings is 7. The zero-order chi connectivity index (χ0) is 29.0. The maximum Gasteiger partial charge on any atom is 0.0788 e. The van der Waals surface area contributed by atoms with Crippen molar-refractivity contribution in [3.8, 4) is 33.6 Å².